The molecule has 0 saturated carbocycles. The number of amides is 2. The summed E-state index contributed by atoms with van der Waals surface area (Å²) in [5, 5.41) is 10.7. The first-order chi connectivity index (χ1) is 11.5. The second-order valence-electron chi connectivity index (χ2n) is 6.27. The number of rotatable bonds is 4. The number of carbonyl (C=O) groups is 2. The average Bonchev–Trinajstić information content (AvgIpc) is 3.03. The predicted molar refractivity (Wildman–Crippen MR) is 88.4 cm³/mol. The molecule has 7 heteroatoms. The maximum Gasteiger partial charge on any atom is 0.273 e. The van der Waals surface area contributed by atoms with Gasteiger partial charge in [0, 0.05) is 20.1 Å². The van der Waals surface area contributed by atoms with E-state index in [4.69, 9.17) is 0 Å². The highest BCUT2D eigenvalue weighted by Gasteiger charge is 2.22. The van der Waals surface area contributed by atoms with E-state index >= 15 is 0 Å². The van der Waals surface area contributed by atoms with Gasteiger partial charge in [-0.25, -0.2) is 4.68 Å². The summed E-state index contributed by atoms with van der Waals surface area (Å²) >= 11 is 0. The molecule has 2 amide bonds. The second-order valence-corrected chi connectivity index (χ2v) is 6.27. The molecule has 1 atom stereocenters. The first-order valence-electron chi connectivity index (χ1n) is 8.01. The maximum atomic E-state index is 12.3. The highest BCUT2D eigenvalue weighted by Crippen LogP contribution is 2.21. The van der Waals surface area contributed by atoms with Crippen LogP contribution in [-0.2, 0) is 24.2 Å². The molecule has 1 heterocycles. The topological polar surface area (TPSA) is 80.1 Å². The Kier molecular flexibility index (Phi) is 4.59. The summed E-state index contributed by atoms with van der Waals surface area (Å²) in [5.41, 5.74) is 2.88. The summed E-state index contributed by atoms with van der Waals surface area (Å²) < 4.78 is 1.38. The molecule has 1 aliphatic rings. The Labute approximate surface area is 140 Å². The van der Waals surface area contributed by atoms with Crippen LogP contribution in [0.1, 0.15) is 28.0 Å². The van der Waals surface area contributed by atoms with Crippen LogP contribution in [0.2, 0.25) is 0 Å². The number of nitrogens with one attached hydrogen (secondary N) is 1. The zero-order valence-electron chi connectivity index (χ0n) is 13.9. The van der Waals surface area contributed by atoms with E-state index in [-0.39, 0.29) is 30.1 Å². The molecular weight excluding hydrogens is 306 g/mol. The highest BCUT2D eigenvalue weighted by atomic mass is 16.2. The number of nitrogens with zero attached hydrogens (tertiary/aromatic N) is 4. The summed E-state index contributed by atoms with van der Waals surface area (Å²) in [6.45, 7) is 0.0735. The zero-order chi connectivity index (χ0) is 17.1. The van der Waals surface area contributed by atoms with E-state index in [1.54, 1.807) is 14.1 Å². The average molecular weight is 327 g/mol. The van der Waals surface area contributed by atoms with E-state index in [0.717, 1.165) is 19.3 Å². The van der Waals surface area contributed by atoms with Crippen molar-refractivity contribution >= 4 is 11.8 Å². The van der Waals surface area contributed by atoms with E-state index in [2.05, 4.69) is 27.8 Å². The minimum Gasteiger partial charge on any atom is -0.348 e. The third-order valence-electron chi connectivity index (χ3n) is 4.25. The molecule has 7 nitrogen and oxygen atoms in total. The number of fused-ring (bicyclic) bond motifs is 1. The van der Waals surface area contributed by atoms with Gasteiger partial charge in [-0.15, -0.1) is 5.10 Å². The van der Waals surface area contributed by atoms with Gasteiger partial charge in [-0.05, 0) is 30.4 Å². The quantitative estimate of drug-likeness (QED) is 0.894. The normalized spacial score (nSPS) is 16.3. The number of aromatic nitrogens is 3. The van der Waals surface area contributed by atoms with Gasteiger partial charge in [0.05, 0.1) is 6.20 Å². The molecule has 1 aromatic carbocycles. The smallest absolute Gasteiger partial charge is 0.273 e. The van der Waals surface area contributed by atoms with Gasteiger partial charge in [-0.2, -0.15) is 0 Å². The standard InChI is InChI=1S/C17H21N5O2/c1-21(2)16(23)11-22-10-15(19-20-22)17(24)18-14-8-7-12-5-3-4-6-13(12)9-14/h3-6,10,14H,7-9,11H2,1-2H3,(H,18,24)/t14-/m1/s1. The molecule has 0 unspecified atom stereocenters. The van der Waals surface area contributed by atoms with Gasteiger partial charge in [0.2, 0.25) is 5.91 Å². The fourth-order valence-corrected chi connectivity index (χ4v) is 2.84. The molecule has 0 saturated heterocycles. The lowest BCUT2D eigenvalue weighted by molar-refractivity contribution is -0.129. The molecule has 0 spiro atoms. The Morgan fingerprint density at radius 2 is 2.04 bits per heavy atom. The van der Waals surface area contributed by atoms with Gasteiger partial charge in [0.25, 0.3) is 5.91 Å². The molecule has 126 valence electrons. The highest BCUT2D eigenvalue weighted by molar-refractivity contribution is 5.92. The van der Waals surface area contributed by atoms with Crippen LogP contribution in [0.5, 0.6) is 0 Å². The SMILES string of the molecule is CN(C)C(=O)Cn1cc(C(=O)N[C@@H]2CCc3ccccc3C2)nn1. The van der Waals surface area contributed by atoms with E-state index in [1.165, 1.54) is 26.9 Å². The maximum absolute atomic E-state index is 12.3. The summed E-state index contributed by atoms with van der Waals surface area (Å²) in [6.07, 6.45) is 4.21. The monoisotopic (exact) mass is 327 g/mol. The van der Waals surface area contributed by atoms with E-state index < -0.39 is 0 Å². The van der Waals surface area contributed by atoms with Crippen LogP contribution >= 0.6 is 0 Å². The fourth-order valence-electron chi connectivity index (χ4n) is 2.84. The molecule has 2 aromatic rings. The Morgan fingerprint density at radius 3 is 2.79 bits per heavy atom. The van der Waals surface area contributed by atoms with Crippen molar-refractivity contribution in [2.75, 3.05) is 14.1 Å². The van der Waals surface area contributed by atoms with Gasteiger partial charge >= 0.3 is 0 Å². The number of aryl methyl sites for hydroxylation is 1. The van der Waals surface area contributed by atoms with Gasteiger partial charge in [0.15, 0.2) is 5.69 Å². The van der Waals surface area contributed by atoms with Gasteiger partial charge < -0.3 is 10.2 Å². The van der Waals surface area contributed by atoms with E-state index in [9.17, 15) is 9.59 Å². The molecule has 1 N–H and O–H groups in total. The lowest BCUT2D eigenvalue weighted by atomic mass is 9.88. The van der Waals surface area contributed by atoms with Crippen molar-refractivity contribution in [3.8, 4) is 0 Å². The van der Waals surface area contributed by atoms with E-state index in [1.807, 2.05) is 12.1 Å². The summed E-state index contributed by atoms with van der Waals surface area (Å²) in [4.78, 5) is 25.5. The Balaban J connectivity index is 1.60. The van der Waals surface area contributed by atoms with Gasteiger partial charge in [-0.3, -0.25) is 9.59 Å². The Morgan fingerprint density at radius 1 is 1.29 bits per heavy atom. The van der Waals surface area contributed by atoms with Crippen LogP contribution in [0.4, 0.5) is 0 Å². The van der Waals surface area contributed by atoms with Crippen molar-refractivity contribution in [3.63, 3.8) is 0 Å². The minimum atomic E-state index is -0.247. The minimum absolute atomic E-state index is 0.0735. The molecule has 0 fully saturated rings. The van der Waals surface area contributed by atoms with Crippen LogP contribution in [0, 0.1) is 0 Å². The van der Waals surface area contributed by atoms with Crippen LogP contribution < -0.4 is 5.32 Å². The molecule has 3 rings (SSSR count). The van der Waals surface area contributed by atoms with Crippen molar-refractivity contribution in [2.45, 2.75) is 31.8 Å². The molecule has 0 radical (unpaired) electrons. The van der Waals surface area contributed by atoms with Crippen LogP contribution in [-0.4, -0.2) is 51.8 Å². The number of likely N-dealkylation sites (N-methyl/N-ethyl adjacent to an activating group) is 1. The van der Waals surface area contributed by atoms with E-state index in [0.29, 0.717) is 0 Å². The fraction of sp³-hybridized carbons (Fsp3) is 0.412. The van der Waals surface area contributed by atoms with Crippen molar-refractivity contribution < 1.29 is 9.59 Å². The van der Waals surface area contributed by atoms with Crippen LogP contribution in [0.25, 0.3) is 0 Å². The van der Waals surface area contributed by atoms with Crippen molar-refractivity contribution in [1.82, 2.24) is 25.2 Å². The number of hydrogen-bond donors (Lipinski definition) is 1. The molecule has 0 bridgehead atoms. The number of hydrogen-bond acceptors (Lipinski definition) is 4. The van der Waals surface area contributed by atoms with Crippen molar-refractivity contribution in [3.05, 3.63) is 47.3 Å². The first-order valence-corrected chi connectivity index (χ1v) is 8.01. The largest absolute Gasteiger partial charge is 0.348 e. The molecule has 24 heavy (non-hydrogen) atoms. The third-order valence-corrected chi connectivity index (χ3v) is 4.25. The lowest BCUT2D eigenvalue weighted by Crippen LogP contribution is -2.39. The summed E-state index contributed by atoms with van der Waals surface area (Å²) in [5.74, 6) is -0.348. The molecule has 0 aliphatic heterocycles. The van der Waals surface area contributed by atoms with Crippen LogP contribution in [0.3, 0.4) is 0 Å². The first kappa shape index (κ1) is 16.2. The van der Waals surface area contributed by atoms with Gasteiger partial charge in [0.1, 0.15) is 6.54 Å². The summed E-state index contributed by atoms with van der Waals surface area (Å²) in [6, 6.07) is 8.42. The van der Waals surface area contributed by atoms with Crippen molar-refractivity contribution in [2.24, 2.45) is 0 Å². The molecule has 1 aliphatic carbocycles. The predicted octanol–water partition coefficient (Wildman–Crippen LogP) is 0.654. The van der Waals surface area contributed by atoms with Crippen molar-refractivity contribution in [1.29, 1.82) is 0 Å². The summed E-state index contributed by atoms with van der Waals surface area (Å²) in [7, 11) is 3.35. The zero-order valence-corrected chi connectivity index (χ0v) is 13.9. The number of benzene rings is 1. The second kappa shape index (κ2) is 6.82. The Bertz CT molecular complexity index is 753. The molecule has 1 aromatic heterocycles. The Hall–Kier alpha value is -2.70. The van der Waals surface area contributed by atoms with Crippen LogP contribution in [0.15, 0.2) is 30.5 Å². The van der Waals surface area contributed by atoms with Gasteiger partial charge in [-0.1, -0.05) is 29.5 Å². The molecular formula is C17H21N5O2. The third kappa shape index (κ3) is 3.61. The number of carbonyl (C=O) groups excluding carboxylic acids is 2. The lowest BCUT2D eigenvalue weighted by Gasteiger charge is -2.25.